The van der Waals surface area contributed by atoms with Crippen molar-refractivity contribution in [2.45, 2.75) is 218 Å². The molecule has 5 rings (SSSR count). The summed E-state index contributed by atoms with van der Waals surface area (Å²) >= 11 is 6.82. The van der Waals surface area contributed by atoms with Gasteiger partial charge in [-0.2, -0.15) is 0 Å². The van der Waals surface area contributed by atoms with Crippen LogP contribution in [-0.4, -0.2) is 73.4 Å². The van der Waals surface area contributed by atoms with Crippen molar-refractivity contribution in [3.63, 3.8) is 0 Å². The number of halogens is 2. The quantitative estimate of drug-likeness (QED) is 0.0162. The summed E-state index contributed by atoms with van der Waals surface area (Å²) in [6, 6.07) is 31.8. The van der Waals surface area contributed by atoms with E-state index >= 15 is 0 Å². The lowest BCUT2D eigenvalue weighted by molar-refractivity contribution is -0.146. The summed E-state index contributed by atoms with van der Waals surface area (Å²) in [6.45, 7) is 19.6. The fourth-order valence-electron chi connectivity index (χ4n) is 9.57. The topological polar surface area (TPSA) is 108 Å². The lowest BCUT2D eigenvalue weighted by Crippen LogP contribution is -2.26. The van der Waals surface area contributed by atoms with Crippen molar-refractivity contribution in [3.8, 4) is 81.9 Å². The zero-order chi connectivity index (χ0) is 67.5. The van der Waals surface area contributed by atoms with Crippen molar-refractivity contribution in [2.24, 2.45) is 0 Å². The van der Waals surface area contributed by atoms with Crippen molar-refractivity contribution in [3.05, 3.63) is 142 Å². The number of rotatable bonds is 42. The number of carbonyl (C=O) groups is 2. The van der Waals surface area contributed by atoms with Gasteiger partial charge >= 0.3 is 11.9 Å². The van der Waals surface area contributed by atoms with Crippen molar-refractivity contribution >= 4 is 43.8 Å². The maximum absolute atomic E-state index is 12.4. The van der Waals surface area contributed by atoms with Gasteiger partial charge in [0.2, 0.25) is 0 Å². The summed E-state index contributed by atoms with van der Waals surface area (Å²) in [5.74, 6) is 30.8. The van der Waals surface area contributed by atoms with Crippen LogP contribution in [0.4, 0.5) is 0 Å². The number of esters is 2. The van der Waals surface area contributed by atoms with Gasteiger partial charge in [0.25, 0.3) is 0 Å². The van der Waals surface area contributed by atoms with Gasteiger partial charge < -0.3 is 37.9 Å². The highest BCUT2D eigenvalue weighted by Gasteiger charge is 2.26. The molecular formula is C82H104Br2O10. The average Bonchev–Trinajstić information content (AvgIpc) is 0.846. The van der Waals surface area contributed by atoms with Crippen LogP contribution in [0.3, 0.4) is 0 Å². The van der Waals surface area contributed by atoms with E-state index < -0.39 is 8.65 Å². The van der Waals surface area contributed by atoms with Gasteiger partial charge in [-0.05, 0) is 129 Å². The van der Waals surface area contributed by atoms with Crippen LogP contribution in [0, 0.1) is 47.4 Å². The largest absolute Gasteiger partial charge is 0.492 e. The highest BCUT2D eigenvalue weighted by atomic mass is 79.9. The molecule has 506 valence electrons. The zero-order valence-electron chi connectivity index (χ0n) is 57.7. The Morgan fingerprint density at radius 2 is 0.500 bits per heavy atom. The Morgan fingerprint density at radius 1 is 0.298 bits per heavy atom. The molecule has 0 spiro atoms. The molecule has 0 amide bonds. The maximum Gasteiger partial charge on any atom is 0.322 e. The fourth-order valence-corrected chi connectivity index (χ4v) is 9.80. The molecule has 0 aliphatic rings. The molecule has 0 aliphatic carbocycles. The summed E-state index contributed by atoms with van der Waals surface area (Å²) in [4.78, 5) is 24.9. The third kappa shape index (κ3) is 31.1. The molecule has 0 unspecified atom stereocenters. The van der Waals surface area contributed by atoms with E-state index in [1.165, 1.54) is 0 Å². The minimum Gasteiger partial charge on any atom is -0.492 e. The third-order valence-electron chi connectivity index (χ3n) is 15.2. The molecule has 10 nitrogen and oxygen atoms in total. The molecule has 94 heavy (non-hydrogen) atoms. The molecule has 0 atom stereocenters. The number of hydrogen-bond donors (Lipinski definition) is 0. The van der Waals surface area contributed by atoms with Gasteiger partial charge in [-0.3, -0.25) is 9.59 Å². The number of unbranched alkanes of at least 4 members (excludes halogenated alkanes) is 18. The molecule has 0 saturated carbocycles. The summed E-state index contributed by atoms with van der Waals surface area (Å²) in [5.41, 5.74) is 5.82. The molecule has 5 aromatic carbocycles. The van der Waals surface area contributed by atoms with Crippen LogP contribution >= 0.6 is 31.9 Å². The van der Waals surface area contributed by atoms with E-state index in [0.29, 0.717) is 110 Å². The molecule has 0 saturated heterocycles. The molecule has 0 aliphatic heterocycles. The normalized spacial score (nSPS) is 10.9. The Labute approximate surface area is 582 Å². The second kappa shape index (κ2) is 45.4. The molecule has 0 radical (unpaired) electrons. The summed E-state index contributed by atoms with van der Waals surface area (Å²) in [6.07, 6.45) is 23.3. The molecule has 0 bridgehead atoms. The van der Waals surface area contributed by atoms with Crippen LogP contribution < -0.4 is 28.4 Å². The molecule has 0 aromatic heterocycles. The number of alkyl halides is 2. The Kier molecular flexibility index (Phi) is 37.6. The minimum absolute atomic E-state index is 0.280. The van der Waals surface area contributed by atoms with Crippen molar-refractivity contribution in [1.82, 2.24) is 0 Å². The lowest BCUT2D eigenvalue weighted by Gasteiger charge is -2.15. The van der Waals surface area contributed by atoms with Gasteiger partial charge in [0.05, 0.1) is 86.2 Å². The minimum atomic E-state index is -0.736. The van der Waals surface area contributed by atoms with Crippen LogP contribution in [-0.2, 0) is 19.1 Å². The average molecular weight is 1410 g/mol. The maximum atomic E-state index is 12.4. The third-order valence-corrected chi connectivity index (χ3v) is 15.8. The van der Waals surface area contributed by atoms with Gasteiger partial charge in [0.15, 0.2) is 0 Å². The summed E-state index contributed by atoms with van der Waals surface area (Å²) in [7, 11) is 0. The van der Waals surface area contributed by atoms with Gasteiger partial charge in [-0.25, -0.2) is 0 Å². The van der Waals surface area contributed by atoms with Crippen LogP contribution in [0.1, 0.15) is 254 Å². The van der Waals surface area contributed by atoms with Crippen molar-refractivity contribution < 1.29 is 47.5 Å². The second-order valence-corrected chi connectivity index (χ2v) is 28.6. The van der Waals surface area contributed by atoms with Gasteiger partial charge in [0, 0.05) is 47.5 Å². The predicted molar refractivity (Wildman–Crippen MR) is 391 cm³/mol. The molecular weight excluding hydrogens is 1300 g/mol. The SMILES string of the molecule is CCCCCCOc1cc(C#Cc2cc(OCCCCCCOC(=O)C(C)(C)Br)c(C#Cc3cc(OCCCCCC)c(C#Cc4ccccc4)cc3OCCCCCC)cc2OCCCCCCOC(=O)C(C)(C)Br)c(OCCCCCC)cc1C#Cc1ccccc1. The van der Waals surface area contributed by atoms with Crippen molar-refractivity contribution in [1.29, 1.82) is 0 Å². The number of carbonyl (C=O) groups excluding carboxylic acids is 2. The van der Waals surface area contributed by atoms with Gasteiger partial charge in [-0.1, -0.05) is 220 Å². The Balaban J connectivity index is 1.68. The summed E-state index contributed by atoms with van der Waals surface area (Å²) in [5, 5.41) is 0. The first-order valence-electron chi connectivity index (χ1n) is 34.8. The smallest absolute Gasteiger partial charge is 0.322 e. The molecule has 5 aromatic rings. The van der Waals surface area contributed by atoms with Gasteiger partial charge in [0.1, 0.15) is 43.1 Å². The van der Waals surface area contributed by atoms with E-state index in [1.54, 1.807) is 27.7 Å². The van der Waals surface area contributed by atoms with E-state index in [1.807, 2.05) is 97.1 Å². The highest BCUT2D eigenvalue weighted by Crippen LogP contribution is 2.34. The van der Waals surface area contributed by atoms with E-state index in [-0.39, 0.29) is 11.9 Å². The molecule has 12 heteroatoms. The van der Waals surface area contributed by atoms with E-state index in [0.717, 1.165) is 176 Å². The highest BCUT2D eigenvalue weighted by molar-refractivity contribution is 9.10. The monoisotopic (exact) mass is 1410 g/mol. The molecule has 0 N–H and O–H groups in total. The first kappa shape index (κ1) is 77.7. The van der Waals surface area contributed by atoms with Crippen LogP contribution in [0.15, 0.2) is 97.1 Å². The summed E-state index contributed by atoms with van der Waals surface area (Å²) < 4.78 is 49.7. The van der Waals surface area contributed by atoms with E-state index in [2.05, 4.69) is 107 Å². The number of hydrogen-bond acceptors (Lipinski definition) is 10. The molecule has 0 heterocycles. The van der Waals surface area contributed by atoms with E-state index in [9.17, 15) is 9.59 Å². The van der Waals surface area contributed by atoms with Crippen LogP contribution in [0.5, 0.6) is 34.5 Å². The standard InChI is InChI=1S/C82H104Br2O10/c1-9-13-17-31-51-87-73-61-69(75(89-53-33-19-15-11-3)59-67(73)45-43-65-39-27-25-28-40-65)47-49-71-63-78(92-56-36-22-24-38-58-94-80(86)82(7,8)84)72(64-77(71)91-55-35-21-23-37-57-93-79(85)81(5,6)83)50-48-70-62-74(88-52-32-18-14-10-2)68(46-44-66-41-29-26-30-42-66)60-76(70)90-54-34-20-16-12-4/h25-30,39-42,59-64H,9-24,31-38,51-58H2,1-8H3. The zero-order valence-corrected chi connectivity index (χ0v) is 60.9. The Bertz CT molecular complexity index is 3080. The Morgan fingerprint density at radius 3 is 0.713 bits per heavy atom. The van der Waals surface area contributed by atoms with Crippen LogP contribution in [0.2, 0.25) is 0 Å². The van der Waals surface area contributed by atoms with E-state index in [4.69, 9.17) is 37.9 Å². The Hall–Kier alpha value is -6.96. The molecule has 0 fully saturated rings. The van der Waals surface area contributed by atoms with Gasteiger partial charge in [-0.15, -0.1) is 0 Å². The number of benzene rings is 5. The predicted octanol–water partition coefficient (Wildman–Crippen LogP) is 20.4. The lowest BCUT2D eigenvalue weighted by atomic mass is 10.0. The fraction of sp³-hybridized carbons (Fsp3) is 0.512. The second-order valence-electron chi connectivity index (χ2n) is 24.6. The number of ether oxygens (including phenoxy) is 8. The first-order chi connectivity index (χ1) is 45.6. The first-order valence-corrected chi connectivity index (χ1v) is 36.4. The van der Waals surface area contributed by atoms with Crippen molar-refractivity contribution in [2.75, 3.05) is 52.9 Å². The van der Waals surface area contributed by atoms with Crippen LogP contribution in [0.25, 0.3) is 0 Å².